The molecule has 0 bridgehead atoms. The fourth-order valence-electron chi connectivity index (χ4n) is 2.18. The number of hydrogen-bond acceptors (Lipinski definition) is 3. The minimum absolute atomic E-state index is 0. The molecule has 19 heavy (non-hydrogen) atoms. The molecule has 1 heterocycles. The lowest BCUT2D eigenvalue weighted by atomic mass is 10.1. The SMILES string of the molecule is Cc1cc(S(=O)(=O)N2CC[C@@H](N)C2)cc(C)c1F.Cl. The summed E-state index contributed by atoms with van der Waals surface area (Å²) in [4.78, 5) is 0.146. The molecule has 0 unspecified atom stereocenters. The van der Waals surface area contributed by atoms with Gasteiger partial charge in [0.15, 0.2) is 0 Å². The van der Waals surface area contributed by atoms with Crippen LogP contribution in [0, 0.1) is 19.7 Å². The summed E-state index contributed by atoms with van der Waals surface area (Å²) >= 11 is 0. The molecule has 0 saturated carbocycles. The molecule has 0 aromatic heterocycles. The monoisotopic (exact) mass is 308 g/mol. The van der Waals surface area contributed by atoms with E-state index in [4.69, 9.17) is 5.73 Å². The van der Waals surface area contributed by atoms with Crippen molar-refractivity contribution in [3.63, 3.8) is 0 Å². The van der Waals surface area contributed by atoms with Crippen LogP contribution < -0.4 is 5.73 Å². The molecule has 1 atom stereocenters. The van der Waals surface area contributed by atoms with Gasteiger partial charge in [-0.15, -0.1) is 12.4 Å². The molecule has 1 aliphatic rings. The van der Waals surface area contributed by atoms with Crippen LogP contribution in [0.3, 0.4) is 0 Å². The number of sulfonamides is 1. The molecule has 1 aliphatic heterocycles. The second-order valence-corrected chi connectivity index (χ2v) is 6.72. The molecule has 1 aromatic rings. The van der Waals surface area contributed by atoms with E-state index in [-0.39, 0.29) is 29.2 Å². The highest BCUT2D eigenvalue weighted by Gasteiger charge is 2.31. The van der Waals surface area contributed by atoms with E-state index in [0.29, 0.717) is 30.6 Å². The van der Waals surface area contributed by atoms with Gasteiger partial charge in [0.25, 0.3) is 0 Å². The summed E-state index contributed by atoms with van der Waals surface area (Å²) in [6.45, 7) is 3.89. The number of nitrogens with two attached hydrogens (primary N) is 1. The van der Waals surface area contributed by atoms with Gasteiger partial charge in [-0.25, -0.2) is 12.8 Å². The highest BCUT2D eigenvalue weighted by Crippen LogP contribution is 2.24. The van der Waals surface area contributed by atoms with Gasteiger partial charge in [0, 0.05) is 19.1 Å². The van der Waals surface area contributed by atoms with Crippen molar-refractivity contribution in [1.29, 1.82) is 0 Å². The van der Waals surface area contributed by atoms with Crippen molar-refractivity contribution in [3.05, 3.63) is 29.1 Å². The number of rotatable bonds is 2. The number of aryl methyl sites for hydroxylation is 2. The van der Waals surface area contributed by atoms with Gasteiger partial charge in [-0.3, -0.25) is 0 Å². The fraction of sp³-hybridized carbons (Fsp3) is 0.500. The summed E-state index contributed by atoms with van der Waals surface area (Å²) in [6.07, 6.45) is 0.665. The summed E-state index contributed by atoms with van der Waals surface area (Å²) in [7, 11) is -3.55. The first-order valence-electron chi connectivity index (χ1n) is 5.85. The minimum atomic E-state index is -3.55. The molecule has 2 rings (SSSR count). The van der Waals surface area contributed by atoms with E-state index in [0.717, 1.165) is 0 Å². The molecule has 1 aromatic carbocycles. The average molecular weight is 309 g/mol. The lowest BCUT2D eigenvalue weighted by Gasteiger charge is -2.17. The van der Waals surface area contributed by atoms with Crippen LogP contribution in [0.15, 0.2) is 17.0 Å². The Morgan fingerprint density at radius 2 is 1.84 bits per heavy atom. The van der Waals surface area contributed by atoms with Crippen LogP contribution in [-0.2, 0) is 10.0 Å². The Labute approximate surface area is 119 Å². The largest absolute Gasteiger partial charge is 0.326 e. The van der Waals surface area contributed by atoms with E-state index in [1.807, 2.05) is 0 Å². The van der Waals surface area contributed by atoms with Crippen molar-refractivity contribution in [2.75, 3.05) is 13.1 Å². The Kier molecular flexibility index (Phi) is 4.95. The lowest BCUT2D eigenvalue weighted by molar-refractivity contribution is 0.472. The van der Waals surface area contributed by atoms with Crippen LogP contribution in [0.4, 0.5) is 4.39 Å². The zero-order chi connectivity index (χ0) is 13.5. The van der Waals surface area contributed by atoms with Gasteiger partial charge in [0.05, 0.1) is 4.90 Å². The van der Waals surface area contributed by atoms with Crippen LogP contribution in [0.1, 0.15) is 17.5 Å². The van der Waals surface area contributed by atoms with E-state index in [1.165, 1.54) is 16.4 Å². The molecule has 4 nitrogen and oxygen atoms in total. The molecule has 7 heteroatoms. The summed E-state index contributed by atoms with van der Waals surface area (Å²) in [5, 5.41) is 0. The van der Waals surface area contributed by atoms with Crippen molar-refractivity contribution < 1.29 is 12.8 Å². The summed E-state index contributed by atoms with van der Waals surface area (Å²) in [5.74, 6) is -0.355. The standard InChI is InChI=1S/C12H17FN2O2S.ClH/c1-8-5-11(6-9(2)12(8)13)18(16,17)15-4-3-10(14)7-15;/h5-6,10H,3-4,7,14H2,1-2H3;1H/t10-;/m1./s1. The van der Waals surface area contributed by atoms with Gasteiger partial charge in [-0.05, 0) is 43.5 Å². The maximum absolute atomic E-state index is 13.5. The van der Waals surface area contributed by atoms with Crippen LogP contribution in [-0.4, -0.2) is 31.9 Å². The molecule has 1 fully saturated rings. The summed E-state index contributed by atoms with van der Waals surface area (Å²) in [6, 6.07) is 2.64. The van der Waals surface area contributed by atoms with E-state index in [9.17, 15) is 12.8 Å². The molecule has 2 N–H and O–H groups in total. The van der Waals surface area contributed by atoms with E-state index in [2.05, 4.69) is 0 Å². The molecule has 0 amide bonds. The van der Waals surface area contributed by atoms with Crippen LogP contribution in [0.2, 0.25) is 0 Å². The molecule has 0 radical (unpaired) electrons. The third kappa shape index (κ3) is 3.08. The first-order chi connectivity index (χ1) is 8.32. The fourth-order valence-corrected chi connectivity index (χ4v) is 3.86. The Bertz CT molecular complexity index is 554. The Morgan fingerprint density at radius 3 is 2.26 bits per heavy atom. The first kappa shape index (κ1) is 16.4. The second-order valence-electron chi connectivity index (χ2n) is 4.78. The highest BCUT2D eigenvalue weighted by molar-refractivity contribution is 7.89. The predicted molar refractivity (Wildman–Crippen MR) is 74.5 cm³/mol. The molecule has 0 spiro atoms. The van der Waals surface area contributed by atoms with Crippen molar-refractivity contribution in [3.8, 4) is 0 Å². The number of halogens is 2. The molecule has 108 valence electrons. The Morgan fingerprint density at radius 1 is 1.32 bits per heavy atom. The van der Waals surface area contributed by atoms with Gasteiger partial charge >= 0.3 is 0 Å². The normalized spacial score (nSPS) is 20.3. The average Bonchev–Trinajstić information content (AvgIpc) is 2.72. The maximum atomic E-state index is 13.5. The smallest absolute Gasteiger partial charge is 0.243 e. The number of benzene rings is 1. The van der Waals surface area contributed by atoms with Crippen molar-refractivity contribution in [2.24, 2.45) is 5.73 Å². The Balaban J connectivity index is 0.00000180. The van der Waals surface area contributed by atoms with E-state index in [1.54, 1.807) is 13.8 Å². The lowest BCUT2D eigenvalue weighted by Crippen LogP contribution is -2.32. The third-order valence-corrected chi connectivity index (χ3v) is 5.08. The van der Waals surface area contributed by atoms with Crippen LogP contribution in [0.5, 0.6) is 0 Å². The molecule has 1 saturated heterocycles. The second kappa shape index (κ2) is 5.75. The zero-order valence-electron chi connectivity index (χ0n) is 10.9. The summed E-state index contributed by atoms with van der Waals surface area (Å²) in [5.41, 5.74) is 6.41. The predicted octanol–water partition coefficient (Wildman–Crippen LogP) is 1.59. The summed E-state index contributed by atoms with van der Waals surface area (Å²) < 4.78 is 39.6. The topological polar surface area (TPSA) is 63.4 Å². The highest BCUT2D eigenvalue weighted by atomic mass is 35.5. The van der Waals surface area contributed by atoms with E-state index < -0.39 is 10.0 Å². The van der Waals surface area contributed by atoms with Gasteiger partial charge in [0.2, 0.25) is 10.0 Å². The quantitative estimate of drug-likeness (QED) is 0.902. The van der Waals surface area contributed by atoms with Gasteiger partial charge in [-0.2, -0.15) is 4.31 Å². The van der Waals surface area contributed by atoms with Gasteiger partial charge in [-0.1, -0.05) is 0 Å². The van der Waals surface area contributed by atoms with Crippen molar-refractivity contribution >= 4 is 22.4 Å². The minimum Gasteiger partial charge on any atom is -0.326 e. The van der Waals surface area contributed by atoms with Gasteiger partial charge < -0.3 is 5.73 Å². The number of hydrogen-bond donors (Lipinski definition) is 1. The molecular weight excluding hydrogens is 291 g/mol. The Hall–Kier alpha value is -0.690. The van der Waals surface area contributed by atoms with Crippen molar-refractivity contribution in [1.82, 2.24) is 4.31 Å². The van der Waals surface area contributed by atoms with Crippen LogP contribution in [0.25, 0.3) is 0 Å². The van der Waals surface area contributed by atoms with E-state index >= 15 is 0 Å². The van der Waals surface area contributed by atoms with Crippen LogP contribution >= 0.6 is 12.4 Å². The van der Waals surface area contributed by atoms with Gasteiger partial charge in [0.1, 0.15) is 5.82 Å². The third-order valence-electron chi connectivity index (χ3n) is 3.24. The molecular formula is C12H18ClFN2O2S. The molecule has 0 aliphatic carbocycles. The first-order valence-corrected chi connectivity index (χ1v) is 7.29. The maximum Gasteiger partial charge on any atom is 0.243 e. The van der Waals surface area contributed by atoms with Crippen molar-refractivity contribution in [2.45, 2.75) is 31.2 Å². The number of nitrogens with zero attached hydrogens (tertiary/aromatic N) is 1. The zero-order valence-corrected chi connectivity index (χ0v) is 12.5.